The largest absolute Gasteiger partial charge is 0.301 e. The molecule has 0 aliphatic rings. The van der Waals surface area contributed by atoms with Crippen LogP contribution in [0.4, 0.5) is 0 Å². The Hall–Kier alpha value is -1.06. The zero-order chi connectivity index (χ0) is 7.56. The lowest BCUT2D eigenvalue weighted by Crippen LogP contribution is -2.27. The van der Waals surface area contributed by atoms with E-state index in [0.29, 0.717) is 0 Å². The van der Waals surface area contributed by atoms with Gasteiger partial charge in [0.05, 0.1) is 11.9 Å². The van der Waals surface area contributed by atoms with Crippen LogP contribution in [-0.2, 0) is 6.42 Å². The zero-order valence-corrected chi connectivity index (χ0v) is 6.57. The molecule has 0 aliphatic heterocycles. The molecule has 0 saturated heterocycles. The Bertz CT molecular complexity index is 203. The van der Waals surface area contributed by atoms with Crippen molar-refractivity contribution < 1.29 is 0 Å². The van der Waals surface area contributed by atoms with E-state index < -0.39 is 0 Å². The van der Waals surface area contributed by atoms with Crippen molar-refractivity contribution in [3.63, 3.8) is 0 Å². The molecular weight excluding hydrogens is 128 g/mol. The average molecular weight is 140 g/mol. The third kappa shape index (κ3) is 1.10. The number of hydrogen-bond donors (Lipinski definition) is 0. The van der Waals surface area contributed by atoms with E-state index in [4.69, 9.17) is 0 Å². The molecule has 0 fully saturated rings. The average Bonchev–Trinajstić information content (AvgIpc) is 2.33. The minimum absolute atomic E-state index is 0.963. The first-order chi connectivity index (χ1) is 4.75. The Morgan fingerprint density at radius 2 is 2.30 bits per heavy atom. The molecular formula is C6H12N4. The van der Waals surface area contributed by atoms with Crippen LogP contribution in [0, 0.1) is 0 Å². The topological polar surface area (TPSA) is 34.0 Å². The minimum atomic E-state index is 0.963. The summed E-state index contributed by atoms with van der Waals surface area (Å²) in [5.74, 6) is 0. The number of aromatic nitrogens is 3. The first-order valence-corrected chi connectivity index (χ1v) is 3.33. The summed E-state index contributed by atoms with van der Waals surface area (Å²) in [6.45, 7) is 2.08. The lowest BCUT2D eigenvalue weighted by molar-refractivity contribution is 0.585. The molecule has 56 valence electrons. The zero-order valence-electron chi connectivity index (χ0n) is 6.57. The van der Waals surface area contributed by atoms with Crippen molar-refractivity contribution in [2.75, 3.05) is 19.1 Å². The van der Waals surface area contributed by atoms with Gasteiger partial charge in [-0.1, -0.05) is 6.92 Å². The van der Waals surface area contributed by atoms with Crippen molar-refractivity contribution in [1.29, 1.82) is 0 Å². The summed E-state index contributed by atoms with van der Waals surface area (Å²) in [6, 6.07) is 0. The van der Waals surface area contributed by atoms with E-state index in [9.17, 15) is 0 Å². The van der Waals surface area contributed by atoms with Crippen LogP contribution in [-0.4, -0.2) is 29.2 Å². The highest BCUT2D eigenvalue weighted by atomic mass is 15.7. The van der Waals surface area contributed by atoms with Crippen molar-refractivity contribution in [3.8, 4) is 0 Å². The lowest BCUT2D eigenvalue weighted by atomic mass is 10.4. The normalized spacial score (nSPS) is 9.90. The van der Waals surface area contributed by atoms with Gasteiger partial charge in [0.2, 0.25) is 0 Å². The van der Waals surface area contributed by atoms with E-state index >= 15 is 0 Å². The van der Waals surface area contributed by atoms with Gasteiger partial charge in [0.25, 0.3) is 0 Å². The first kappa shape index (κ1) is 7.05. The quantitative estimate of drug-likeness (QED) is 0.581. The smallest absolute Gasteiger partial charge is 0.0822 e. The molecule has 0 spiro atoms. The maximum atomic E-state index is 3.88. The summed E-state index contributed by atoms with van der Waals surface area (Å²) in [7, 11) is 3.88. The molecule has 1 aromatic rings. The third-order valence-corrected chi connectivity index (χ3v) is 1.34. The van der Waals surface area contributed by atoms with Crippen LogP contribution in [0.15, 0.2) is 6.20 Å². The van der Waals surface area contributed by atoms with Crippen LogP contribution in [0.2, 0.25) is 0 Å². The highest BCUT2D eigenvalue weighted by Crippen LogP contribution is 1.94. The molecule has 0 atom stereocenters. The third-order valence-electron chi connectivity index (χ3n) is 1.34. The molecule has 0 radical (unpaired) electrons. The standard InChI is InChI=1S/C6H12N4/c1-4-6-5-7-8-10(6)9(2)3/h5H,4H2,1-3H3. The monoisotopic (exact) mass is 140 g/mol. The molecule has 0 aliphatic carbocycles. The maximum Gasteiger partial charge on any atom is 0.0822 e. The molecule has 0 N–H and O–H groups in total. The highest BCUT2D eigenvalue weighted by molar-refractivity contribution is 4.95. The second kappa shape index (κ2) is 2.68. The predicted octanol–water partition coefficient (Wildman–Crippen LogP) is 0.0381. The molecule has 4 heteroatoms. The Labute approximate surface area is 60.4 Å². The van der Waals surface area contributed by atoms with E-state index in [1.165, 1.54) is 0 Å². The van der Waals surface area contributed by atoms with Gasteiger partial charge in [-0.25, -0.2) is 0 Å². The van der Waals surface area contributed by atoms with Gasteiger partial charge in [0.1, 0.15) is 0 Å². The second-order valence-electron chi connectivity index (χ2n) is 2.32. The summed E-state index contributed by atoms with van der Waals surface area (Å²) in [5.41, 5.74) is 1.13. The van der Waals surface area contributed by atoms with Crippen molar-refractivity contribution in [1.82, 2.24) is 15.1 Å². The second-order valence-corrected chi connectivity index (χ2v) is 2.32. The van der Waals surface area contributed by atoms with E-state index in [2.05, 4.69) is 17.2 Å². The molecule has 0 saturated carbocycles. The molecule has 0 aromatic carbocycles. The number of aryl methyl sites for hydroxylation is 1. The SMILES string of the molecule is CCc1cnnn1N(C)C. The van der Waals surface area contributed by atoms with Gasteiger partial charge in [-0.3, -0.25) is 0 Å². The Morgan fingerprint density at radius 1 is 1.60 bits per heavy atom. The summed E-state index contributed by atoms with van der Waals surface area (Å²) < 4.78 is 0. The highest BCUT2D eigenvalue weighted by Gasteiger charge is 2.00. The summed E-state index contributed by atoms with van der Waals surface area (Å²) in [4.78, 5) is 1.78. The van der Waals surface area contributed by atoms with Gasteiger partial charge >= 0.3 is 0 Å². The van der Waals surface area contributed by atoms with Crippen molar-refractivity contribution in [2.24, 2.45) is 0 Å². The lowest BCUT2D eigenvalue weighted by Gasteiger charge is -2.13. The van der Waals surface area contributed by atoms with Crippen LogP contribution in [0.5, 0.6) is 0 Å². The van der Waals surface area contributed by atoms with Crippen LogP contribution >= 0.6 is 0 Å². The fourth-order valence-corrected chi connectivity index (χ4v) is 0.820. The van der Waals surface area contributed by atoms with E-state index in [-0.39, 0.29) is 0 Å². The van der Waals surface area contributed by atoms with Gasteiger partial charge in [0, 0.05) is 14.1 Å². The number of rotatable bonds is 2. The van der Waals surface area contributed by atoms with Crippen LogP contribution in [0.1, 0.15) is 12.6 Å². The molecule has 4 nitrogen and oxygen atoms in total. The summed E-state index contributed by atoms with van der Waals surface area (Å²) in [5, 5.41) is 9.56. The van der Waals surface area contributed by atoms with Crippen LogP contribution < -0.4 is 5.01 Å². The van der Waals surface area contributed by atoms with E-state index in [1.807, 2.05) is 19.1 Å². The van der Waals surface area contributed by atoms with Gasteiger partial charge in [-0.05, 0) is 11.6 Å². The Balaban J connectivity index is 2.90. The molecule has 1 aromatic heterocycles. The predicted molar refractivity (Wildman–Crippen MR) is 39.5 cm³/mol. The number of nitrogens with zero attached hydrogens (tertiary/aromatic N) is 4. The minimum Gasteiger partial charge on any atom is -0.301 e. The van der Waals surface area contributed by atoms with Gasteiger partial charge < -0.3 is 5.01 Å². The molecule has 0 unspecified atom stereocenters. The van der Waals surface area contributed by atoms with Crippen LogP contribution in [0.3, 0.4) is 0 Å². The van der Waals surface area contributed by atoms with Gasteiger partial charge in [-0.2, -0.15) is 4.79 Å². The summed E-state index contributed by atoms with van der Waals surface area (Å²) >= 11 is 0. The van der Waals surface area contributed by atoms with Crippen molar-refractivity contribution in [3.05, 3.63) is 11.9 Å². The molecule has 1 rings (SSSR count). The van der Waals surface area contributed by atoms with Gasteiger partial charge in [-0.15, -0.1) is 5.10 Å². The molecule has 0 bridgehead atoms. The maximum absolute atomic E-state index is 3.88. The molecule has 0 amide bonds. The fourth-order valence-electron chi connectivity index (χ4n) is 0.820. The first-order valence-electron chi connectivity index (χ1n) is 3.33. The van der Waals surface area contributed by atoms with Crippen LogP contribution in [0.25, 0.3) is 0 Å². The fraction of sp³-hybridized carbons (Fsp3) is 0.667. The van der Waals surface area contributed by atoms with E-state index in [1.54, 1.807) is 11.0 Å². The molecule has 1 heterocycles. The Kier molecular flexibility index (Phi) is 1.89. The molecule has 10 heavy (non-hydrogen) atoms. The summed E-state index contributed by atoms with van der Waals surface area (Å²) in [6.07, 6.45) is 2.74. The van der Waals surface area contributed by atoms with E-state index in [0.717, 1.165) is 12.1 Å². The Morgan fingerprint density at radius 3 is 2.70 bits per heavy atom. The van der Waals surface area contributed by atoms with Crippen molar-refractivity contribution >= 4 is 0 Å². The number of hydrogen-bond acceptors (Lipinski definition) is 3. The van der Waals surface area contributed by atoms with Crippen molar-refractivity contribution in [2.45, 2.75) is 13.3 Å². The van der Waals surface area contributed by atoms with Gasteiger partial charge in [0.15, 0.2) is 0 Å².